The predicted octanol–water partition coefficient (Wildman–Crippen LogP) is 21.3. The molecule has 0 aromatic heterocycles. The molecule has 1 amide bonds. The van der Waals surface area contributed by atoms with E-state index in [1.165, 1.54) is 276 Å². The maximum Gasteiger partial charge on any atom is 0.306 e. The van der Waals surface area contributed by atoms with Gasteiger partial charge in [-0.25, -0.2) is 0 Å². The maximum atomic E-state index is 13.6. The maximum absolute atomic E-state index is 13.6. The summed E-state index contributed by atoms with van der Waals surface area (Å²) in [7, 11) is 1.21. The van der Waals surface area contributed by atoms with Crippen molar-refractivity contribution in [2.45, 2.75) is 380 Å². The van der Waals surface area contributed by atoms with E-state index in [1.807, 2.05) is 33.3 Å². The van der Waals surface area contributed by atoms with E-state index in [2.05, 4.69) is 26.1 Å². The van der Waals surface area contributed by atoms with Crippen LogP contribution in [0.4, 0.5) is 0 Å². The molecule has 79 heavy (non-hydrogen) atoms. The van der Waals surface area contributed by atoms with Crippen molar-refractivity contribution in [1.29, 1.82) is 0 Å². The molecule has 3 atom stereocenters. The summed E-state index contributed by atoms with van der Waals surface area (Å²) in [6.07, 6.45) is 70.6. The van der Waals surface area contributed by atoms with Gasteiger partial charge in [0, 0.05) is 12.8 Å². The number of phosphoric ester groups is 1. The van der Waals surface area contributed by atoms with Crippen molar-refractivity contribution >= 4 is 19.7 Å². The monoisotopic (exact) mass is 1140 g/mol. The van der Waals surface area contributed by atoms with E-state index in [0.29, 0.717) is 17.4 Å². The molecule has 0 saturated carbocycles. The van der Waals surface area contributed by atoms with Crippen LogP contribution in [0.1, 0.15) is 367 Å². The third-order valence-corrected chi connectivity index (χ3v) is 17.2. The molecule has 0 bridgehead atoms. The molecule has 0 rings (SSSR count). The number of rotatable bonds is 65. The molecule has 0 aliphatic heterocycles. The van der Waals surface area contributed by atoms with E-state index >= 15 is 0 Å². The zero-order chi connectivity index (χ0) is 57.9. The number of phosphoric acid groups is 1. The van der Waals surface area contributed by atoms with Crippen LogP contribution in [0.3, 0.4) is 0 Å². The molecule has 0 aromatic rings. The van der Waals surface area contributed by atoms with Gasteiger partial charge in [-0.1, -0.05) is 335 Å². The van der Waals surface area contributed by atoms with Gasteiger partial charge in [-0.05, 0) is 31.8 Å². The lowest BCUT2D eigenvalue weighted by molar-refractivity contribution is -0.870. The minimum absolute atomic E-state index is 0.0165. The summed E-state index contributed by atoms with van der Waals surface area (Å²) in [5, 5.41) is 3.05. The summed E-state index contributed by atoms with van der Waals surface area (Å²) in [5.41, 5.74) is 0. The fourth-order valence-electron chi connectivity index (χ4n) is 10.8. The predicted molar refractivity (Wildman–Crippen MR) is 340 cm³/mol. The number of carbonyl (C=O) groups excluding carboxylic acids is 2. The second-order valence-corrected chi connectivity index (χ2v) is 26.8. The Morgan fingerprint density at radius 2 is 0.722 bits per heavy atom. The third-order valence-electron chi connectivity index (χ3n) is 16.2. The minimum Gasteiger partial charge on any atom is -0.756 e. The highest BCUT2D eigenvalue weighted by Gasteiger charge is 2.27. The molecule has 1 N–H and O–H groups in total. The first-order chi connectivity index (χ1) is 38.4. The lowest BCUT2D eigenvalue weighted by Crippen LogP contribution is -2.47. The molecule has 0 aliphatic carbocycles. The highest BCUT2D eigenvalue weighted by atomic mass is 31.2. The van der Waals surface area contributed by atoms with Gasteiger partial charge in [0.25, 0.3) is 7.82 Å². The molecule has 0 aliphatic rings. The lowest BCUT2D eigenvalue weighted by Gasteiger charge is -2.30. The van der Waals surface area contributed by atoms with Crippen LogP contribution in [0.2, 0.25) is 0 Å². The number of nitrogens with one attached hydrogen (secondary N) is 1. The van der Waals surface area contributed by atoms with Gasteiger partial charge < -0.3 is 28.5 Å². The number of esters is 1. The van der Waals surface area contributed by atoms with Gasteiger partial charge in [0.2, 0.25) is 5.91 Å². The lowest BCUT2D eigenvalue weighted by atomic mass is 10.0. The van der Waals surface area contributed by atoms with Crippen molar-refractivity contribution < 1.29 is 37.3 Å². The molecule has 10 heteroatoms. The average molecular weight is 1140 g/mol. The van der Waals surface area contributed by atoms with E-state index in [0.717, 1.165) is 57.8 Å². The smallest absolute Gasteiger partial charge is 0.306 e. The van der Waals surface area contributed by atoms with Gasteiger partial charge in [-0.15, -0.1) is 0 Å². The van der Waals surface area contributed by atoms with Crippen LogP contribution in [-0.4, -0.2) is 69.4 Å². The first-order valence-corrected chi connectivity index (χ1v) is 36.5. The van der Waals surface area contributed by atoms with E-state index in [1.54, 1.807) is 0 Å². The second kappa shape index (κ2) is 59.9. The molecule has 0 fully saturated rings. The van der Waals surface area contributed by atoms with Crippen LogP contribution < -0.4 is 10.2 Å². The Bertz CT molecular complexity index is 1360. The van der Waals surface area contributed by atoms with Crippen LogP contribution in [0.25, 0.3) is 0 Å². The number of hydrogen-bond acceptors (Lipinski definition) is 7. The van der Waals surface area contributed by atoms with Crippen LogP contribution in [0.5, 0.6) is 0 Å². The van der Waals surface area contributed by atoms with Crippen molar-refractivity contribution in [1.82, 2.24) is 5.32 Å². The molecule has 470 valence electrons. The van der Waals surface area contributed by atoms with Crippen molar-refractivity contribution in [2.24, 2.45) is 0 Å². The SMILES string of the molecule is CCCCCCCCCCCCC/C=C\C(OC(=O)CCCCCCCCCCCCCCC)C(COP(=O)([O-])OCC[N+](C)(C)C)NC(=O)CCCCCCCCCCCCCCCCCCCCCCCCCCCCC. The molecule has 0 aromatic carbocycles. The Balaban J connectivity index is 4.94. The summed E-state index contributed by atoms with van der Waals surface area (Å²) in [5.74, 6) is -0.516. The third kappa shape index (κ3) is 61.1. The van der Waals surface area contributed by atoms with Crippen molar-refractivity contribution in [3.63, 3.8) is 0 Å². The van der Waals surface area contributed by atoms with Gasteiger partial charge in [0.05, 0.1) is 33.8 Å². The summed E-state index contributed by atoms with van der Waals surface area (Å²) in [6, 6.07) is -0.880. The highest BCUT2D eigenvalue weighted by Crippen LogP contribution is 2.38. The number of likely N-dealkylation sites (N-methyl/N-ethyl adjacent to an activating group) is 1. The van der Waals surface area contributed by atoms with E-state index in [-0.39, 0.29) is 31.5 Å². The molecule has 0 heterocycles. The van der Waals surface area contributed by atoms with E-state index < -0.39 is 20.0 Å². The second-order valence-electron chi connectivity index (χ2n) is 25.4. The Kier molecular flexibility index (Phi) is 58.9. The molecular formula is C69H137N2O7P. The molecule has 9 nitrogen and oxygen atoms in total. The molecule has 0 spiro atoms. The van der Waals surface area contributed by atoms with E-state index in [4.69, 9.17) is 13.8 Å². The first-order valence-electron chi connectivity index (χ1n) is 35.0. The van der Waals surface area contributed by atoms with Gasteiger partial charge in [0.15, 0.2) is 0 Å². The van der Waals surface area contributed by atoms with E-state index in [9.17, 15) is 19.0 Å². The fourth-order valence-corrected chi connectivity index (χ4v) is 11.5. The zero-order valence-corrected chi connectivity index (χ0v) is 54.8. The topological polar surface area (TPSA) is 114 Å². The van der Waals surface area contributed by atoms with Gasteiger partial charge in [-0.2, -0.15) is 0 Å². The van der Waals surface area contributed by atoms with Gasteiger partial charge in [0.1, 0.15) is 19.3 Å². The molecule has 0 saturated heterocycles. The summed E-state index contributed by atoms with van der Waals surface area (Å²) >= 11 is 0. The Hall–Kier alpha value is -1.25. The summed E-state index contributed by atoms with van der Waals surface area (Å²) in [4.78, 5) is 40.1. The van der Waals surface area contributed by atoms with Crippen LogP contribution in [0, 0.1) is 0 Å². The van der Waals surface area contributed by atoms with Crippen LogP contribution in [0.15, 0.2) is 12.2 Å². The number of quaternary nitrogens is 1. The number of hydrogen-bond donors (Lipinski definition) is 1. The van der Waals surface area contributed by atoms with Crippen molar-refractivity contribution in [3.8, 4) is 0 Å². The van der Waals surface area contributed by atoms with Crippen molar-refractivity contribution in [2.75, 3.05) is 40.9 Å². The number of allylic oxidation sites excluding steroid dienone is 1. The normalized spacial score (nSPS) is 13.6. The Labute approximate surface area is 492 Å². The largest absolute Gasteiger partial charge is 0.756 e. The standard InChI is InChI=1S/C69H137N2O7P/c1-7-10-13-16-19-22-25-28-29-30-31-32-33-34-35-36-37-38-39-40-41-44-46-49-52-55-58-61-68(72)70-66(65-77-79(74,75)76-64-63-71(4,5)6)67(60-57-54-51-48-45-42-26-23-20-17-14-11-8-2)78-69(73)62-59-56-53-50-47-43-27-24-21-18-15-12-9-3/h57,60,66-67H,7-56,58-59,61-65H2,1-6H3,(H-,70,72,74,75)/b60-57-. The average Bonchev–Trinajstić information content (AvgIpc) is 3.41. The highest BCUT2D eigenvalue weighted by molar-refractivity contribution is 7.45. The number of nitrogens with zero attached hydrogens (tertiary/aromatic N) is 1. The molecule has 0 radical (unpaired) electrons. The first kappa shape index (κ1) is 77.8. The molecule has 3 unspecified atom stereocenters. The number of carbonyl (C=O) groups is 2. The van der Waals surface area contributed by atoms with Crippen LogP contribution in [-0.2, 0) is 27.9 Å². The quantitative estimate of drug-likeness (QED) is 0.0212. The van der Waals surface area contributed by atoms with Gasteiger partial charge in [-0.3, -0.25) is 14.2 Å². The van der Waals surface area contributed by atoms with Crippen LogP contribution >= 0.6 is 7.82 Å². The fraction of sp³-hybridized carbons (Fsp3) is 0.942. The Morgan fingerprint density at radius 1 is 0.430 bits per heavy atom. The zero-order valence-electron chi connectivity index (χ0n) is 53.9. The molecular weight excluding hydrogens is 1000 g/mol. The summed E-state index contributed by atoms with van der Waals surface area (Å²) < 4.78 is 30.4. The number of amides is 1. The van der Waals surface area contributed by atoms with Crippen molar-refractivity contribution in [3.05, 3.63) is 12.2 Å². The summed E-state index contributed by atoms with van der Waals surface area (Å²) in [6.45, 7) is 6.91. The number of ether oxygens (including phenoxy) is 1. The number of unbranched alkanes of at least 4 members (excludes halogenated alkanes) is 49. The minimum atomic E-state index is -4.69. The Morgan fingerprint density at radius 3 is 1.04 bits per heavy atom. The van der Waals surface area contributed by atoms with Gasteiger partial charge >= 0.3 is 5.97 Å².